The number of thioether (sulfide) groups is 1. The van der Waals surface area contributed by atoms with Crippen LogP contribution in [0.2, 0.25) is 5.02 Å². The fourth-order valence-electron chi connectivity index (χ4n) is 1.64. The van der Waals surface area contributed by atoms with Crippen LogP contribution in [0.4, 0.5) is 18.9 Å². The molecule has 2 aromatic rings. The van der Waals surface area contributed by atoms with Gasteiger partial charge >= 0.3 is 5.51 Å². The summed E-state index contributed by atoms with van der Waals surface area (Å²) in [4.78, 5) is 0.173. The van der Waals surface area contributed by atoms with E-state index in [1.165, 1.54) is 12.1 Å². The van der Waals surface area contributed by atoms with Gasteiger partial charge in [-0.25, -0.2) is 0 Å². The Labute approximate surface area is 138 Å². The van der Waals surface area contributed by atoms with Gasteiger partial charge < -0.3 is 5.32 Å². The van der Waals surface area contributed by atoms with E-state index in [0.29, 0.717) is 11.6 Å². The highest BCUT2D eigenvalue weighted by atomic mass is 79.9. The molecule has 0 unspecified atom stereocenters. The third kappa shape index (κ3) is 5.45. The summed E-state index contributed by atoms with van der Waals surface area (Å²) < 4.78 is 37.6. The largest absolute Gasteiger partial charge is 0.446 e. The molecule has 0 saturated heterocycles. The van der Waals surface area contributed by atoms with Crippen LogP contribution in [-0.2, 0) is 6.54 Å². The number of benzene rings is 2. The van der Waals surface area contributed by atoms with Crippen molar-refractivity contribution < 1.29 is 13.2 Å². The maximum atomic E-state index is 12.2. The van der Waals surface area contributed by atoms with Crippen molar-refractivity contribution in [3.8, 4) is 0 Å². The topological polar surface area (TPSA) is 12.0 Å². The molecule has 0 heterocycles. The van der Waals surface area contributed by atoms with Crippen LogP contribution in [0.25, 0.3) is 0 Å². The Morgan fingerprint density at radius 1 is 1.10 bits per heavy atom. The van der Waals surface area contributed by atoms with E-state index in [2.05, 4.69) is 21.2 Å². The fourth-order valence-corrected chi connectivity index (χ4v) is 2.72. The van der Waals surface area contributed by atoms with Crippen LogP contribution in [0.3, 0.4) is 0 Å². The lowest BCUT2D eigenvalue weighted by atomic mass is 10.2. The smallest absolute Gasteiger partial charge is 0.380 e. The molecule has 0 fully saturated rings. The lowest BCUT2D eigenvalue weighted by Crippen LogP contribution is -2.01. The molecular formula is C14H10BrClF3NS. The van der Waals surface area contributed by atoms with Gasteiger partial charge in [0, 0.05) is 15.9 Å². The molecule has 0 aromatic heterocycles. The number of rotatable bonds is 4. The molecule has 0 atom stereocenters. The lowest BCUT2D eigenvalue weighted by Gasteiger charge is -2.10. The van der Waals surface area contributed by atoms with Crippen molar-refractivity contribution in [1.29, 1.82) is 0 Å². The first-order valence-corrected chi connectivity index (χ1v) is 7.86. The van der Waals surface area contributed by atoms with Gasteiger partial charge in [-0.3, -0.25) is 0 Å². The number of nitrogens with one attached hydrogen (secondary N) is 1. The van der Waals surface area contributed by atoms with Crippen molar-refractivity contribution in [1.82, 2.24) is 0 Å². The average molecular weight is 397 g/mol. The molecule has 0 aliphatic carbocycles. The second-order valence-electron chi connectivity index (χ2n) is 4.17. The van der Waals surface area contributed by atoms with Crippen molar-refractivity contribution in [2.24, 2.45) is 0 Å². The van der Waals surface area contributed by atoms with Gasteiger partial charge in [0.05, 0.1) is 10.7 Å². The molecule has 2 aromatic carbocycles. The first-order chi connectivity index (χ1) is 9.83. The Morgan fingerprint density at radius 3 is 2.38 bits per heavy atom. The molecule has 1 N–H and O–H groups in total. The number of hydrogen-bond acceptors (Lipinski definition) is 2. The summed E-state index contributed by atoms with van der Waals surface area (Å²) in [7, 11) is 0. The van der Waals surface area contributed by atoms with Gasteiger partial charge in [-0.05, 0) is 47.7 Å². The van der Waals surface area contributed by atoms with Gasteiger partial charge in [-0.1, -0.05) is 39.7 Å². The molecule has 0 aliphatic heterocycles. The van der Waals surface area contributed by atoms with E-state index < -0.39 is 5.51 Å². The Hall–Kier alpha value is -0.850. The van der Waals surface area contributed by atoms with Gasteiger partial charge in [0.15, 0.2) is 0 Å². The first kappa shape index (κ1) is 16.5. The third-order valence-electron chi connectivity index (χ3n) is 2.57. The number of halogens is 5. The number of anilines is 1. The van der Waals surface area contributed by atoms with Gasteiger partial charge in [-0.15, -0.1) is 0 Å². The normalized spacial score (nSPS) is 11.5. The zero-order valence-electron chi connectivity index (χ0n) is 10.5. The predicted octanol–water partition coefficient (Wildman–Crippen LogP) is 6.33. The number of alkyl halides is 3. The summed E-state index contributed by atoms with van der Waals surface area (Å²) in [6.07, 6.45) is 0. The Morgan fingerprint density at radius 2 is 1.76 bits per heavy atom. The van der Waals surface area contributed by atoms with Crippen LogP contribution >= 0.6 is 39.3 Å². The zero-order valence-corrected chi connectivity index (χ0v) is 13.7. The predicted molar refractivity (Wildman–Crippen MR) is 84.8 cm³/mol. The second kappa shape index (κ2) is 6.94. The molecule has 0 amide bonds. The standard InChI is InChI=1S/C14H10BrClF3NS/c15-10-3-6-12(16)13(7-10)20-8-9-1-4-11(5-2-9)21-14(17,18)19/h1-7,20H,8H2. The van der Waals surface area contributed by atoms with Crippen molar-refractivity contribution in [3.63, 3.8) is 0 Å². The Balaban J connectivity index is 1.99. The minimum Gasteiger partial charge on any atom is -0.380 e. The van der Waals surface area contributed by atoms with Crippen molar-refractivity contribution in [2.45, 2.75) is 16.9 Å². The molecule has 0 saturated carbocycles. The van der Waals surface area contributed by atoms with Crippen LogP contribution in [0.15, 0.2) is 51.8 Å². The van der Waals surface area contributed by atoms with Crippen molar-refractivity contribution in [3.05, 3.63) is 57.5 Å². The highest BCUT2D eigenvalue weighted by Gasteiger charge is 2.28. The van der Waals surface area contributed by atoms with Gasteiger partial charge in [0.25, 0.3) is 0 Å². The highest BCUT2D eigenvalue weighted by molar-refractivity contribution is 9.10. The Kier molecular flexibility index (Phi) is 5.46. The zero-order chi connectivity index (χ0) is 15.5. The van der Waals surface area contributed by atoms with E-state index in [-0.39, 0.29) is 16.7 Å². The summed E-state index contributed by atoms with van der Waals surface area (Å²) in [5, 5.41) is 3.73. The molecule has 0 aliphatic rings. The summed E-state index contributed by atoms with van der Waals surface area (Å²) in [5.41, 5.74) is -2.62. The third-order valence-corrected chi connectivity index (χ3v) is 4.13. The van der Waals surface area contributed by atoms with Crippen LogP contribution < -0.4 is 5.32 Å². The molecule has 21 heavy (non-hydrogen) atoms. The SMILES string of the molecule is FC(F)(F)Sc1ccc(CNc2cc(Br)ccc2Cl)cc1. The van der Waals surface area contributed by atoms with E-state index >= 15 is 0 Å². The Bertz CT molecular complexity index is 617. The molecule has 0 bridgehead atoms. The van der Waals surface area contributed by atoms with E-state index in [1.807, 2.05) is 12.1 Å². The van der Waals surface area contributed by atoms with Crippen molar-refractivity contribution >= 4 is 45.0 Å². The van der Waals surface area contributed by atoms with Crippen LogP contribution in [0.5, 0.6) is 0 Å². The maximum Gasteiger partial charge on any atom is 0.446 e. The van der Waals surface area contributed by atoms with Gasteiger partial charge in [0.1, 0.15) is 0 Å². The summed E-state index contributed by atoms with van der Waals surface area (Å²) in [6, 6.07) is 11.7. The van der Waals surface area contributed by atoms with Gasteiger partial charge in [0.2, 0.25) is 0 Å². The van der Waals surface area contributed by atoms with Crippen LogP contribution in [-0.4, -0.2) is 5.51 Å². The van der Waals surface area contributed by atoms with E-state index in [1.54, 1.807) is 18.2 Å². The molecule has 0 radical (unpaired) electrons. The summed E-state index contributed by atoms with van der Waals surface area (Å²) in [5.74, 6) is 0. The molecular weight excluding hydrogens is 387 g/mol. The van der Waals surface area contributed by atoms with Crippen molar-refractivity contribution in [2.75, 3.05) is 5.32 Å². The molecule has 7 heteroatoms. The maximum absolute atomic E-state index is 12.2. The summed E-state index contributed by atoms with van der Waals surface area (Å²) in [6.45, 7) is 0.479. The van der Waals surface area contributed by atoms with E-state index in [0.717, 1.165) is 15.7 Å². The second-order valence-corrected chi connectivity index (χ2v) is 6.63. The fraction of sp³-hybridized carbons (Fsp3) is 0.143. The lowest BCUT2D eigenvalue weighted by molar-refractivity contribution is -0.0328. The monoisotopic (exact) mass is 395 g/mol. The molecule has 2 rings (SSSR count). The van der Waals surface area contributed by atoms with E-state index in [4.69, 9.17) is 11.6 Å². The molecule has 112 valence electrons. The summed E-state index contributed by atoms with van der Waals surface area (Å²) >= 11 is 9.28. The number of hydrogen-bond donors (Lipinski definition) is 1. The first-order valence-electron chi connectivity index (χ1n) is 5.87. The quantitative estimate of drug-likeness (QED) is 0.606. The van der Waals surface area contributed by atoms with Crippen LogP contribution in [0, 0.1) is 0 Å². The van der Waals surface area contributed by atoms with Gasteiger partial charge in [-0.2, -0.15) is 13.2 Å². The van der Waals surface area contributed by atoms with Crippen LogP contribution in [0.1, 0.15) is 5.56 Å². The minimum absolute atomic E-state index is 0.119. The highest BCUT2D eigenvalue weighted by Crippen LogP contribution is 2.36. The average Bonchev–Trinajstić information content (AvgIpc) is 2.40. The molecule has 0 spiro atoms. The minimum atomic E-state index is -4.26. The molecule has 1 nitrogen and oxygen atoms in total. The van der Waals surface area contributed by atoms with E-state index in [9.17, 15) is 13.2 Å².